The molecule has 0 heterocycles. The van der Waals surface area contributed by atoms with Crippen LogP contribution in [0.25, 0.3) is 0 Å². The predicted octanol–water partition coefficient (Wildman–Crippen LogP) is 2.95. The second kappa shape index (κ2) is 9.06. The SMILES string of the molecule is CC.NCCCOc1cc(C(F)(F)F)ccc1NC(N)=O. The number of alkyl halides is 3. The zero-order valence-corrected chi connectivity index (χ0v) is 12.0. The van der Waals surface area contributed by atoms with Crippen molar-refractivity contribution in [3.05, 3.63) is 23.8 Å². The van der Waals surface area contributed by atoms with E-state index in [0.29, 0.717) is 13.0 Å². The third-order valence-electron chi connectivity index (χ3n) is 2.17. The molecule has 5 N–H and O–H groups in total. The number of nitrogens with two attached hydrogens (primary N) is 2. The van der Waals surface area contributed by atoms with E-state index in [-0.39, 0.29) is 18.0 Å². The summed E-state index contributed by atoms with van der Waals surface area (Å²) in [6.07, 6.45) is -4.01. The molecule has 0 spiro atoms. The first-order valence-electron chi connectivity index (χ1n) is 6.45. The number of halogens is 3. The first-order valence-corrected chi connectivity index (χ1v) is 6.45. The van der Waals surface area contributed by atoms with Gasteiger partial charge in [0.15, 0.2) is 0 Å². The van der Waals surface area contributed by atoms with Crippen LogP contribution in [-0.4, -0.2) is 19.2 Å². The number of hydrogen-bond acceptors (Lipinski definition) is 3. The van der Waals surface area contributed by atoms with Gasteiger partial charge in [0.2, 0.25) is 0 Å². The Bertz CT molecular complexity index is 451. The van der Waals surface area contributed by atoms with Crippen molar-refractivity contribution in [3.8, 4) is 5.75 Å². The number of benzene rings is 1. The molecule has 0 unspecified atom stereocenters. The molecule has 0 aliphatic carbocycles. The summed E-state index contributed by atoms with van der Waals surface area (Å²) < 4.78 is 42.9. The Morgan fingerprint density at radius 2 is 1.95 bits per heavy atom. The molecule has 5 nitrogen and oxygen atoms in total. The minimum atomic E-state index is -4.49. The fourth-order valence-corrected chi connectivity index (χ4v) is 1.32. The number of carbonyl (C=O) groups is 1. The molecule has 1 aromatic carbocycles. The molecule has 0 atom stereocenters. The summed E-state index contributed by atoms with van der Waals surface area (Å²) in [6.45, 7) is 4.49. The molecule has 8 heteroatoms. The molecular weight excluding hydrogens is 287 g/mol. The van der Waals surface area contributed by atoms with Crippen LogP contribution in [0.15, 0.2) is 18.2 Å². The van der Waals surface area contributed by atoms with Crippen LogP contribution in [0.4, 0.5) is 23.7 Å². The maximum absolute atomic E-state index is 12.6. The predicted molar refractivity (Wildman–Crippen MR) is 75.2 cm³/mol. The molecule has 0 aliphatic rings. The summed E-state index contributed by atoms with van der Waals surface area (Å²) in [6, 6.07) is 1.84. The second-order valence-corrected chi connectivity index (χ2v) is 3.69. The third kappa shape index (κ3) is 6.84. The number of nitrogens with one attached hydrogen (secondary N) is 1. The minimum Gasteiger partial charge on any atom is -0.491 e. The quantitative estimate of drug-likeness (QED) is 0.730. The third-order valence-corrected chi connectivity index (χ3v) is 2.17. The van der Waals surface area contributed by atoms with Crippen molar-refractivity contribution in [2.75, 3.05) is 18.5 Å². The molecule has 1 aromatic rings. The van der Waals surface area contributed by atoms with Gasteiger partial charge in [0.05, 0.1) is 17.9 Å². The number of hydrogen-bond donors (Lipinski definition) is 3. The average Bonchev–Trinajstić information content (AvgIpc) is 2.41. The van der Waals surface area contributed by atoms with Crippen LogP contribution in [0.5, 0.6) is 5.75 Å². The van der Waals surface area contributed by atoms with Crippen molar-refractivity contribution in [1.82, 2.24) is 0 Å². The van der Waals surface area contributed by atoms with E-state index in [1.165, 1.54) is 0 Å². The average molecular weight is 307 g/mol. The Morgan fingerprint density at radius 1 is 1.33 bits per heavy atom. The molecular formula is C13H20F3N3O2. The van der Waals surface area contributed by atoms with Gasteiger partial charge in [-0.25, -0.2) is 4.79 Å². The summed E-state index contributed by atoms with van der Waals surface area (Å²) in [5, 5.41) is 2.19. The zero-order valence-electron chi connectivity index (χ0n) is 12.0. The van der Waals surface area contributed by atoms with Crippen LogP contribution in [0.3, 0.4) is 0 Å². The number of amides is 2. The van der Waals surface area contributed by atoms with Gasteiger partial charge in [-0.05, 0) is 31.2 Å². The van der Waals surface area contributed by atoms with Crippen molar-refractivity contribution in [2.24, 2.45) is 11.5 Å². The van der Waals surface area contributed by atoms with Gasteiger partial charge >= 0.3 is 12.2 Å². The van der Waals surface area contributed by atoms with Crippen LogP contribution >= 0.6 is 0 Å². The van der Waals surface area contributed by atoms with Gasteiger partial charge < -0.3 is 21.5 Å². The molecule has 0 fully saturated rings. The molecule has 0 bridgehead atoms. The summed E-state index contributed by atoms with van der Waals surface area (Å²) in [5.41, 5.74) is 9.40. The highest BCUT2D eigenvalue weighted by atomic mass is 19.4. The fourth-order valence-electron chi connectivity index (χ4n) is 1.32. The topological polar surface area (TPSA) is 90.4 Å². The Labute approximate surface area is 121 Å². The van der Waals surface area contributed by atoms with Crippen LogP contribution in [0, 0.1) is 0 Å². The lowest BCUT2D eigenvalue weighted by molar-refractivity contribution is -0.137. The van der Waals surface area contributed by atoms with Gasteiger partial charge in [0, 0.05) is 0 Å². The fraction of sp³-hybridized carbons (Fsp3) is 0.462. The van der Waals surface area contributed by atoms with Crippen molar-refractivity contribution in [2.45, 2.75) is 26.4 Å². The van der Waals surface area contributed by atoms with Crippen molar-refractivity contribution < 1.29 is 22.7 Å². The largest absolute Gasteiger partial charge is 0.491 e. The van der Waals surface area contributed by atoms with Crippen molar-refractivity contribution >= 4 is 11.7 Å². The van der Waals surface area contributed by atoms with Gasteiger partial charge in [-0.3, -0.25) is 0 Å². The van der Waals surface area contributed by atoms with Crippen LogP contribution in [0.2, 0.25) is 0 Å². The summed E-state index contributed by atoms with van der Waals surface area (Å²) >= 11 is 0. The van der Waals surface area contributed by atoms with E-state index < -0.39 is 17.8 Å². The summed E-state index contributed by atoms with van der Waals surface area (Å²) in [7, 11) is 0. The van der Waals surface area contributed by atoms with Crippen molar-refractivity contribution in [1.29, 1.82) is 0 Å². The molecule has 0 saturated carbocycles. The van der Waals surface area contributed by atoms with E-state index in [2.05, 4.69) is 5.32 Å². The zero-order chi connectivity index (χ0) is 16.5. The highest BCUT2D eigenvalue weighted by Gasteiger charge is 2.31. The Hall–Kier alpha value is -1.96. The molecule has 1 rings (SSSR count). The number of rotatable bonds is 5. The molecule has 2 amide bonds. The van der Waals surface area contributed by atoms with Crippen molar-refractivity contribution in [3.63, 3.8) is 0 Å². The van der Waals surface area contributed by atoms with E-state index >= 15 is 0 Å². The number of anilines is 1. The van der Waals surface area contributed by atoms with Gasteiger partial charge in [0.25, 0.3) is 0 Å². The number of urea groups is 1. The van der Waals surface area contributed by atoms with Crippen LogP contribution in [0.1, 0.15) is 25.8 Å². The number of ether oxygens (including phenoxy) is 1. The normalized spacial score (nSPS) is 10.4. The van der Waals surface area contributed by atoms with Gasteiger partial charge in [-0.15, -0.1) is 0 Å². The molecule has 0 aromatic heterocycles. The lowest BCUT2D eigenvalue weighted by atomic mass is 10.2. The Balaban J connectivity index is 0.00000191. The van der Waals surface area contributed by atoms with E-state index in [4.69, 9.17) is 16.2 Å². The van der Waals surface area contributed by atoms with Crippen LogP contribution < -0.4 is 21.5 Å². The van der Waals surface area contributed by atoms with Gasteiger partial charge in [-0.2, -0.15) is 13.2 Å². The van der Waals surface area contributed by atoms with Gasteiger partial charge in [0.1, 0.15) is 5.75 Å². The molecule has 0 aliphatic heterocycles. The van der Waals surface area contributed by atoms with Crippen LogP contribution in [-0.2, 0) is 6.18 Å². The molecule has 120 valence electrons. The monoisotopic (exact) mass is 307 g/mol. The smallest absolute Gasteiger partial charge is 0.416 e. The standard InChI is InChI=1S/C11H14F3N3O2.C2H6/c12-11(13,14)7-2-3-8(17-10(16)18)9(6-7)19-5-1-4-15;1-2/h2-3,6H,1,4-5,15H2,(H3,16,17,18);1-2H3. The highest BCUT2D eigenvalue weighted by Crippen LogP contribution is 2.35. The summed E-state index contributed by atoms with van der Waals surface area (Å²) in [4.78, 5) is 10.7. The molecule has 21 heavy (non-hydrogen) atoms. The first-order chi connectivity index (χ1) is 9.84. The summed E-state index contributed by atoms with van der Waals surface area (Å²) in [5.74, 6) is -0.0953. The second-order valence-electron chi connectivity index (χ2n) is 3.69. The molecule has 0 radical (unpaired) electrons. The Morgan fingerprint density at radius 3 is 2.43 bits per heavy atom. The number of carbonyl (C=O) groups excluding carboxylic acids is 1. The maximum Gasteiger partial charge on any atom is 0.416 e. The maximum atomic E-state index is 12.6. The lowest BCUT2D eigenvalue weighted by Crippen LogP contribution is -2.20. The molecule has 0 saturated heterocycles. The Kier molecular flexibility index (Phi) is 8.22. The first kappa shape index (κ1) is 19.0. The highest BCUT2D eigenvalue weighted by molar-refractivity contribution is 5.89. The van der Waals surface area contributed by atoms with E-state index in [9.17, 15) is 18.0 Å². The van der Waals surface area contributed by atoms with E-state index in [1.54, 1.807) is 0 Å². The van der Waals surface area contributed by atoms with E-state index in [0.717, 1.165) is 18.2 Å². The minimum absolute atomic E-state index is 0.0810. The lowest BCUT2D eigenvalue weighted by Gasteiger charge is -2.14. The number of primary amides is 1. The van der Waals surface area contributed by atoms with E-state index in [1.807, 2.05) is 13.8 Å². The van der Waals surface area contributed by atoms with Gasteiger partial charge in [-0.1, -0.05) is 13.8 Å².